The van der Waals surface area contributed by atoms with Crippen LogP contribution < -0.4 is 0 Å². The first-order valence-electron chi connectivity index (χ1n) is 7.00. The summed E-state index contributed by atoms with van der Waals surface area (Å²) in [6, 6.07) is 0. The van der Waals surface area contributed by atoms with Crippen molar-refractivity contribution in [2.75, 3.05) is 0 Å². The van der Waals surface area contributed by atoms with Gasteiger partial charge in [-0.05, 0) is 48.3 Å². The van der Waals surface area contributed by atoms with Crippen LogP contribution in [0.3, 0.4) is 0 Å². The van der Waals surface area contributed by atoms with Gasteiger partial charge in [0.15, 0.2) is 0 Å². The van der Waals surface area contributed by atoms with E-state index in [-0.39, 0.29) is 5.41 Å². The zero-order valence-corrected chi connectivity index (χ0v) is 10.7. The van der Waals surface area contributed by atoms with Gasteiger partial charge in [-0.15, -0.1) is 0 Å². The van der Waals surface area contributed by atoms with E-state index >= 15 is 0 Å². The van der Waals surface area contributed by atoms with Gasteiger partial charge >= 0.3 is 0 Å². The first-order chi connectivity index (χ1) is 7.46. The molecule has 0 aromatic carbocycles. The van der Waals surface area contributed by atoms with Crippen LogP contribution in [0.25, 0.3) is 0 Å². The van der Waals surface area contributed by atoms with Gasteiger partial charge in [-0.2, -0.15) is 0 Å². The molecule has 0 radical (unpaired) electrons. The average molecular weight is 218 g/mol. The molecule has 5 aliphatic carbocycles. The van der Waals surface area contributed by atoms with Crippen molar-refractivity contribution < 1.29 is 4.79 Å². The van der Waals surface area contributed by atoms with E-state index in [1.165, 1.54) is 32.1 Å². The maximum absolute atomic E-state index is 12.8. The summed E-state index contributed by atoms with van der Waals surface area (Å²) in [6.45, 7) is 7.03. The predicted octanol–water partition coefficient (Wildman–Crippen LogP) is 3.43. The maximum Gasteiger partial charge on any atom is 0.143 e. The summed E-state index contributed by atoms with van der Waals surface area (Å²) in [4.78, 5) is 12.8. The molecule has 0 N–H and O–H groups in total. The molecule has 0 heterocycles. The van der Waals surface area contributed by atoms with Gasteiger partial charge in [0, 0.05) is 11.3 Å². The van der Waals surface area contributed by atoms with Gasteiger partial charge < -0.3 is 0 Å². The summed E-state index contributed by atoms with van der Waals surface area (Å²) in [5.41, 5.74) is 0.895. The van der Waals surface area contributed by atoms with Crippen LogP contribution in [-0.2, 0) is 4.79 Å². The normalized spacial score (nSPS) is 66.7. The van der Waals surface area contributed by atoms with Crippen molar-refractivity contribution in [2.45, 2.75) is 52.9 Å². The molecular weight excluding hydrogens is 196 g/mol. The minimum absolute atomic E-state index is 0.0441. The predicted molar refractivity (Wildman–Crippen MR) is 62.9 cm³/mol. The molecule has 6 atom stereocenters. The topological polar surface area (TPSA) is 17.1 Å². The van der Waals surface area contributed by atoms with Crippen LogP contribution in [0, 0.1) is 34.0 Å². The van der Waals surface area contributed by atoms with E-state index in [4.69, 9.17) is 0 Å². The van der Waals surface area contributed by atoms with E-state index in [2.05, 4.69) is 20.8 Å². The molecule has 1 nitrogen and oxygen atoms in total. The van der Waals surface area contributed by atoms with Crippen LogP contribution in [0.2, 0.25) is 0 Å². The number of ketones is 1. The Morgan fingerprint density at radius 2 is 2.06 bits per heavy atom. The van der Waals surface area contributed by atoms with E-state index in [1.54, 1.807) is 0 Å². The van der Waals surface area contributed by atoms with E-state index in [0.717, 1.165) is 5.92 Å². The van der Waals surface area contributed by atoms with Crippen LogP contribution >= 0.6 is 0 Å². The summed E-state index contributed by atoms with van der Waals surface area (Å²) in [6.07, 6.45) is 6.71. The van der Waals surface area contributed by atoms with Crippen molar-refractivity contribution >= 4 is 5.78 Å². The largest absolute Gasteiger partial charge is 0.299 e. The molecule has 5 rings (SSSR count). The fourth-order valence-corrected chi connectivity index (χ4v) is 6.19. The highest BCUT2D eigenvalue weighted by atomic mass is 16.1. The van der Waals surface area contributed by atoms with Crippen molar-refractivity contribution in [3.05, 3.63) is 0 Å². The molecule has 0 aromatic heterocycles. The van der Waals surface area contributed by atoms with Gasteiger partial charge in [-0.3, -0.25) is 4.79 Å². The van der Waals surface area contributed by atoms with E-state index in [0.29, 0.717) is 28.4 Å². The minimum Gasteiger partial charge on any atom is -0.299 e. The second kappa shape index (κ2) is 2.28. The summed E-state index contributed by atoms with van der Waals surface area (Å²) >= 11 is 0. The van der Waals surface area contributed by atoms with Crippen LogP contribution in [0.5, 0.6) is 0 Å². The number of hydrogen-bond donors (Lipinski definition) is 0. The summed E-state index contributed by atoms with van der Waals surface area (Å²) < 4.78 is 0. The second-order valence-electron chi connectivity index (χ2n) is 7.61. The highest BCUT2D eigenvalue weighted by Crippen LogP contribution is 2.84. The smallest absolute Gasteiger partial charge is 0.143 e. The van der Waals surface area contributed by atoms with E-state index in [9.17, 15) is 4.79 Å². The van der Waals surface area contributed by atoms with Crippen molar-refractivity contribution in [1.82, 2.24) is 0 Å². The summed E-state index contributed by atoms with van der Waals surface area (Å²) in [5, 5.41) is 0. The van der Waals surface area contributed by atoms with E-state index in [1.807, 2.05) is 0 Å². The first-order valence-corrected chi connectivity index (χ1v) is 7.00. The van der Waals surface area contributed by atoms with Gasteiger partial charge in [0.25, 0.3) is 0 Å². The Labute approximate surface area is 98.0 Å². The third-order valence-corrected chi connectivity index (χ3v) is 7.35. The summed E-state index contributed by atoms with van der Waals surface area (Å²) in [7, 11) is 0. The van der Waals surface area contributed by atoms with Crippen molar-refractivity contribution in [3.63, 3.8) is 0 Å². The number of carbonyl (C=O) groups is 1. The minimum atomic E-state index is 0.0441. The van der Waals surface area contributed by atoms with Gasteiger partial charge in [-0.1, -0.05) is 27.2 Å². The third kappa shape index (κ3) is 0.683. The van der Waals surface area contributed by atoms with Crippen molar-refractivity contribution in [1.29, 1.82) is 0 Å². The SMILES string of the molecule is C[C@H]1CCC[C@]23CC4[C@H](C(=O)[C@@]12C)[C@]4(C)C3. The standard InChI is InChI=1S/C15H22O/c1-9-5-4-6-15-7-10-11(13(10,2)8-15)12(16)14(9,15)3/h9-11H,4-8H2,1-3H3/t9-,10?,11+,13+,14+,15+/m0/s1. The summed E-state index contributed by atoms with van der Waals surface area (Å²) in [5.74, 6) is 2.52. The molecule has 0 amide bonds. The lowest BCUT2D eigenvalue weighted by atomic mass is 9.44. The van der Waals surface area contributed by atoms with Crippen LogP contribution in [0.4, 0.5) is 0 Å². The van der Waals surface area contributed by atoms with Gasteiger partial charge in [0.05, 0.1) is 0 Å². The van der Waals surface area contributed by atoms with Crippen LogP contribution in [0.1, 0.15) is 52.9 Å². The monoisotopic (exact) mass is 218 g/mol. The quantitative estimate of drug-likeness (QED) is 0.609. The molecule has 1 heteroatoms. The van der Waals surface area contributed by atoms with Gasteiger partial charge in [0.2, 0.25) is 0 Å². The second-order valence-corrected chi connectivity index (χ2v) is 7.61. The molecule has 0 saturated heterocycles. The van der Waals surface area contributed by atoms with Crippen LogP contribution in [-0.4, -0.2) is 5.78 Å². The number of hydrogen-bond acceptors (Lipinski definition) is 1. The molecule has 5 aliphatic rings. The molecule has 1 spiro atoms. The van der Waals surface area contributed by atoms with Crippen LogP contribution in [0.15, 0.2) is 0 Å². The van der Waals surface area contributed by atoms with Crippen molar-refractivity contribution in [3.8, 4) is 0 Å². The Kier molecular flexibility index (Phi) is 1.38. The lowest BCUT2D eigenvalue weighted by Gasteiger charge is -2.58. The first kappa shape index (κ1) is 9.67. The highest BCUT2D eigenvalue weighted by Gasteiger charge is 2.82. The Morgan fingerprint density at radius 1 is 1.31 bits per heavy atom. The molecule has 0 aromatic rings. The molecule has 5 saturated carbocycles. The zero-order valence-electron chi connectivity index (χ0n) is 10.7. The Balaban J connectivity index is 1.89. The fraction of sp³-hybridized carbons (Fsp3) is 0.933. The number of Topliss-reactive ketones (excluding diaryl/α,β-unsaturated/α-hetero) is 1. The Hall–Kier alpha value is -0.330. The molecular formula is C15H22O. The zero-order chi connectivity index (χ0) is 11.3. The lowest BCUT2D eigenvalue weighted by molar-refractivity contribution is -0.161. The Bertz CT molecular complexity index is 400. The molecule has 0 aliphatic heterocycles. The highest BCUT2D eigenvalue weighted by molar-refractivity contribution is 5.94. The lowest BCUT2D eigenvalue weighted by Crippen LogP contribution is -2.57. The molecule has 1 unspecified atom stereocenters. The van der Waals surface area contributed by atoms with E-state index < -0.39 is 0 Å². The van der Waals surface area contributed by atoms with Crippen molar-refractivity contribution in [2.24, 2.45) is 34.0 Å². The molecule has 5 fully saturated rings. The third-order valence-electron chi connectivity index (χ3n) is 7.35. The number of carbonyl (C=O) groups excluding carboxylic acids is 1. The molecule has 4 bridgehead atoms. The maximum atomic E-state index is 12.8. The number of rotatable bonds is 0. The molecule has 88 valence electrons. The van der Waals surface area contributed by atoms with Gasteiger partial charge in [0.1, 0.15) is 5.78 Å². The Morgan fingerprint density at radius 3 is 2.69 bits per heavy atom. The van der Waals surface area contributed by atoms with Gasteiger partial charge in [-0.25, -0.2) is 0 Å². The average Bonchev–Trinajstić information content (AvgIpc) is 2.65. The fourth-order valence-electron chi connectivity index (χ4n) is 6.19. The molecule has 16 heavy (non-hydrogen) atoms.